The first-order chi connectivity index (χ1) is 17.0. The zero-order chi connectivity index (χ0) is 25.0. The van der Waals surface area contributed by atoms with Crippen LogP contribution in [0, 0.1) is 0 Å². The molecule has 0 saturated heterocycles. The summed E-state index contributed by atoms with van der Waals surface area (Å²) in [6.45, 7) is 2.95. The maximum Gasteiger partial charge on any atom is 0.243 e. The first-order valence-corrected chi connectivity index (χ1v) is 14.0. The highest BCUT2D eigenvalue weighted by Gasteiger charge is 2.30. The van der Waals surface area contributed by atoms with Crippen molar-refractivity contribution in [1.82, 2.24) is 10.2 Å². The summed E-state index contributed by atoms with van der Waals surface area (Å²) in [6.07, 6.45) is 1.28. The summed E-state index contributed by atoms with van der Waals surface area (Å²) in [4.78, 5) is 28.6. The smallest absolute Gasteiger partial charge is 0.243 e. The Balaban J connectivity index is 1.83. The van der Waals surface area contributed by atoms with E-state index in [1.54, 1.807) is 4.90 Å². The van der Waals surface area contributed by atoms with Crippen LogP contribution in [0.4, 0.5) is 0 Å². The van der Waals surface area contributed by atoms with E-state index in [2.05, 4.69) is 21.2 Å². The molecule has 0 heterocycles. The summed E-state index contributed by atoms with van der Waals surface area (Å²) >= 11 is 11.3. The minimum absolute atomic E-state index is 0.0717. The molecule has 2 amide bonds. The van der Waals surface area contributed by atoms with Crippen molar-refractivity contribution in [3.05, 3.63) is 105 Å². The normalized spacial score (nSPS) is 11.6. The van der Waals surface area contributed by atoms with Crippen LogP contribution in [0.3, 0.4) is 0 Å². The zero-order valence-electron chi connectivity index (χ0n) is 19.8. The predicted octanol–water partition coefficient (Wildman–Crippen LogP) is 6.50. The van der Waals surface area contributed by atoms with Crippen molar-refractivity contribution >= 4 is 51.1 Å². The highest BCUT2D eigenvalue weighted by molar-refractivity contribution is 9.10. The van der Waals surface area contributed by atoms with Crippen LogP contribution < -0.4 is 5.32 Å². The minimum atomic E-state index is -0.610. The second kappa shape index (κ2) is 14.3. The first-order valence-electron chi connectivity index (χ1n) is 11.6. The van der Waals surface area contributed by atoms with Crippen molar-refractivity contribution in [2.45, 2.75) is 38.1 Å². The van der Waals surface area contributed by atoms with Crippen molar-refractivity contribution < 1.29 is 9.59 Å². The van der Waals surface area contributed by atoms with Crippen molar-refractivity contribution in [2.75, 3.05) is 12.3 Å². The maximum atomic E-state index is 13.6. The van der Waals surface area contributed by atoms with Gasteiger partial charge in [0, 0.05) is 34.8 Å². The Kier molecular flexibility index (Phi) is 11.2. The maximum absolute atomic E-state index is 13.6. The number of hydrogen-bond donors (Lipinski definition) is 1. The number of carbonyl (C=O) groups excluding carboxylic acids is 2. The highest BCUT2D eigenvalue weighted by atomic mass is 79.9. The Morgan fingerprint density at radius 2 is 1.66 bits per heavy atom. The van der Waals surface area contributed by atoms with E-state index < -0.39 is 6.04 Å². The number of halogens is 2. The molecule has 0 aliphatic carbocycles. The third-order valence-corrected chi connectivity index (χ3v) is 7.39. The Morgan fingerprint density at radius 1 is 0.971 bits per heavy atom. The SMILES string of the molecule is CCCNC(=O)[C@@H](Cc1ccccc1)N(Cc1ccc(Br)cc1)C(=O)CSCc1ccccc1Cl. The van der Waals surface area contributed by atoms with Crippen molar-refractivity contribution in [2.24, 2.45) is 0 Å². The molecule has 0 aliphatic rings. The second-order valence-corrected chi connectivity index (χ2v) is 10.5. The molecule has 0 bridgehead atoms. The fourth-order valence-electron chi connectivity index (χ4n) is 3.65. The number of thioether (sulfide) groups is 1. The lowest BCUT2D eigenvalue weighted by atomic mass is 10.0. The Hall–Kier alpha value is -2.28. The van der Waals surface area contributed by atoms with E-state index in [4.69, 9.17) is 11.6 Å². The number of amides is 2. The largest absolute Gasteiger partial charge is 0.354 e. The number of benzene rings is 3. The van der Waals surface area contributed by atoms with E-state index in [0.29, 0.717) is 30.3 Å². The molecule has 1 N–H and O–H groups in total. The molecule has 0 radical (unpaired) electrons. The van der Waals surface area contributed by atoms with Gasteiger partial charge in [-0.3, -0.25) is 9.59 Å². The van der Waals surface area contributed by atoms with Crippen LogP contribution in [0.5, 0.6) is 0 Å². The molecular weight excluding hydrogens is 544 g/mol. The summed E-state index contributed by atoms with van der Waals surface area (Å²) in [5.41, 5.74) is 2.98. The lowest BCUT2D eigenvalue weighted by molar-refractivity contribution is -0.139. The lowest BCUT2D eigenvalue weighted by Gasteiger charge is -2.31. The average molecular weight is 574 g/mol. The van der Waals surface area contributed by atoms with Crippen molar-refractivity contribution in [3.8, 4) is 0 Å². The molecule has 0 saturated carbocycles. The highest BCUT2D eigenvalue weighted by Crippen LogP contribution is 2.23. The third-order valence-electron chi connectivity index (χ3n) is 5.53. The van der Waals surface area contributed by atoms with Gasteiger partial charge in [0.15, 0.2) is 0 Å². The summed E-state index contributed by atoms with van der Waals surface area (Å²) in [6, 6.07) is 24.8. The molecule has 3 rings (SSSR count). The number of hydrogen-bond acceptors (Lipinski definition) is 3. The Morgan fingerprint density at radius 3 is 2.34 bits per heavy atom. The molecule has 7 heteroatoms. The number of nitrogens with one attached hydrogen (secondary N) is 1. The molecule has 0 aromatic heterocycles. The Bertz CT molecular complexity index is 1100. The number of carbonyl (C=O) groups is 2. The second-order valence-electron chi connectivity index (χ2n) is 8.23. The van der Waals surface area contributed by atoms with Gasteiger partial charge in [-0.25, -0.2) is 0 Å². The van der Waals surface area contributed by atoms with Gasteiger partial charge in [0.05, 0.1) is 5.75 Å². The van der Waals surface area contributed by atoms with Gasteiger partial charge in [-0.2, -0.15) is 0 Å². The van der Waals surface area contributed by atoms with E-state index >= 15 is 0 Å². The molecule has 0 aliphatic heterocycles. The molecule has 3 aromatic carbocycles. The first kappa shape index (κ1) is 27.3. The average Bonchev–Trinajstić information content (AvgIpc) is 2.87. The molecule has 35 heavy (non-hydrogen) atoms. The van der Waals surface area contributed by atoms with E-state index in [0.717, 1.165) is 27.6 Å². The van der Waals surface area contributed by atoms with Crippen LogP contribution >= 0.6 is 39.3 Å². The minimum Gasteiger partial charge on any atom is -0.354 e. The lowest BCUT2D eigenvalue weighted by Crippen LogP contribution is -2.51. The molecule has 0 spiro atoms. The molecule has 3 aromatic rings. The van der Waals surface area contributed by atoms with Crippen LogP contribution in [0.2, 0.25) is 5.02 Å². The molecular formula is C28H30BrClN2O2S. The summed E-state index contributed by atoms with van der Waals surface area (Å²) < 4.78 is 0.968. The van der Waals surface area contributed by atoms with E-state index in [9.17, 15) is 9.59 Å². The number of nitrogens with zero attached hydrogens (tertiary/aromatic N) is 1. The van der Waals surface area contributed by atoms with Crippen molar-refractivity contribution in [1.29, 1.82) is 0 Å². The number of rotatable bonds is 12. The van der Waals surface area contributed by atoms with E-state index in [-0.39, 0.29) is 17.6 Å². The van der Waals surface area contributed by atoms with Gasteiger partial charge in [-0.05, 0) is 41.3 Å². The van der Waals surface area contributed by atoms with Crippen LogP contribution in [0.1, 0.15) is 30.0 Å². The predicted molar refractivity (Wildman–Crippen MR) is 150 cm³/mol. The van der Waals surface area contributed by atoms with Gasteiger partial charge >= 0.3 is 0 Å². The molecule has 0 fully saturated rings. The van der Waals surface area contributed by atoms with Gasteiger partial charge in [-0.1, -0.05) is 95.1 Å². The fourth-order valence-corrected chi connectivity index (χ4v) is 5.11. The van der Waals surface area contributed by atoms with Crippen LogP contribution in [-0.4, -0.2) is 35.1 Å². The van der Waals surface area contributed by atoms with Gasteiger partial charge in [0.1, 0.15) is 6.04 Å². The zero-order valence-corrected chi connectivity index (χ0v) is 22.9. The monoisotopic (exact) mass is 572 g/mol. The van der Waals surface area contributed by atoms with Crippen LogP contribution in [-0.2, 0) is 28.3 Å². The topological polar surface area (TPSA) is 49.4 Å². The quantitative estimate of drug-likeness (QED) is 0.269. The molecule has 4 nitrogen and oxygen atoms in total. The third kappa shape index (κ3) is 8.71. The van der Waals surface area contributed by atoms with Gasteiger partial charge in [0.2, 0.25) is 11.8 Å². The van der Waals surface area contributed by atoms with Gasteiger partial charge < -0.3 is 10.2 Å². The molecule has 1 atom stereocenters. The standard InChI is InChI=1S/C28H30BrClN2O2S/c1-2-16-31-28(34)26(17-21-8-4-3-5-9-21)32(18-22-12-14-24(29)15-13-22)27(33)20-35-19-23-10-6-7-11-25(23)30/h3-15,26H,2,16-20H2,1H3,(H,31,34)/t26-/m1/s1. The van der Waals surface area contributed by atoms with Crippen LogP contribution in [0.15, 0.2) is 83.3 Å². The van der Waals surface area contributed by atoms with E-state index in [1.165, 1.54) is 11.8 Å². The van der Waals surface area contributed by atoms with Gasteiger partial charge in [-0.15, -0.1) is 11.8 Å². The molecule has 0 unspecified atom stereocenters. The van der Waals surface area contributed by atoms with Crippen LogP contribution in [0.25, 0.3) is 0 Å². The summed E-state index contributed by atoms with van der Waals surface area (Å²) in [7, 11) is 0. The Labute approximate surface area is 225 Å². The fraction of sp³-hybridized carbons (Fsp3) is 0.286. The van der Waals surface area contributed by atoms with Gasteiger partial charge in [0.25, 0.3) is 0 Å². The summed E-state index contributed by atoms with van der Waals surface area (Å²) in [5.74, 6) is 0.687. The molecule has 184 valence electrons. The van der Waals surface area contributed by atoms with Crippen molar-refractivity contribution in [3.63, 3.8) is 0 Å². The summed E-state index contributed by atoms with van der Waals surface area (Å²) in [5, 5.41) is 3.70. The van der Waals surface area contributed by atoms with E-state index in [1.807, 2.05) is 85.8 Å².